The second-order valence-corrected chi connectivity index (χ2v) is 8.97. The third kappa shape index (κ3) is 7.02. The van der Waals surface area contributed by atoms with E-state index in [1.165, 1.54) is 24.3 Å². The smallest absolute Gasteiger partial charge is 0.490 e. The SMILES string of the molecule is Cc1cc(OCc2nc(-c3ccc4c(c3)OCCCO4)c(-c3ccc(OC(F)(F)F)cc3)o2)ccc1OCC(=O)O. The number of carboxylic acids is 1. The maximum absolute atomic E-state index is 12.6. The quantitative estimate of drug-likeness (QED) is 0.243. The summed E-state index contributed by atoms with van der Waals surface area (Å²) in [6, 6.07) is 15.5. The Morgan fingerprint density at radius 2 is 1.63 bits per heavy atom. The van der Waals surface area contributed by atoms with Crippen molar-refractivity contribution in [2.45, 2.75) is 26.3 Å². The molecule has 0 radical (unpaired) electrons. The van der Waals surface area contributed by atoms with Gasteiger partial charge in [0.05, 0.1) is 13.2 Å². The summed E-state index contributed by atoms with van der Waals surface area (Å²) in [4.78, 5) is 15.4. The number of halogens is 3. The van der Waals surface area contributed by atoms with E-state index in [0.717, 1.165) is 6.42 Å². The minimum Gasteiger partial charge on any atom is -0.490 e. The third-order valence-electron chi connectivity index (χ3n) is 5.90. The lowest BCUT2D eigenvalue weighted by Crippen LogP contribution is -2.16. The Balaban J connectivity index is 1.43. The fourth-order valence-electron chi connectivity index (χ4n) is 4.09. The Bertz CT molecular complexity index is 1530. The van der Waals surface area contributed by atoms with Gasteiger partial charge in [0.25, 0.3) is 0 Å². The lowest BCUT2D eigenvalue weighted by molar-refractivity contribution is -0.274. The van der Waals surface area contributed by atoms with Gasteiger partial charge in [-0.15, -0.1) is 13.2 Å². The van der Waals surface area contributed by atoms with Crippen LogP contribution in [0.25, 0.3) is 22.6 Å². The average Bonchev–Trinajstić information content (AvgIpc) is 3.21. The van der Waals surface area contributed by atoms with Gasteiger partial charge in [-0.1, -0.05) is 0 Å². The highest BCUT2D eigenvalue weighted by Gasteiger charge is 2.31. The van der Waals surface area contributed by atoms with E-state index >= 15 is 0 Å². The van der Waals surface area contributed by atoms with E-state index in [0.29, 0.717) is 64.4 Å². The number of oxazole rings is 1. The zero-order chi connectivity index (χ0) is 29.0. The summed E-state index contributed by atoms with van der Waals surface area (Å²) in [7, 11) is 0. The molecule has 1 aromatic heterocycles. The molecule has 214 valence electrons. The average molecular weight is 572 g/mol. The van der Waals surface area contributed by atoms with Crippen molar-refractivity contribution in [2.24, 2.45) is 0 Å². The van der Waals surface area contributed by atoms with Gasteiger partial charge in [0, 0.05) is 17.5 Å². The van der Waals surface area contributed by atoms with Crippen molar-refractivity contribution in [1.29, 1.82) is 0 Å². The van der Waals surface area contributed by atoms with Gasteiger partial charge in [-0.25, -0.2) is 9.78 Å². The summed E-state index contributed by atoms with van der Waals surface area (Å²) in [6.45, 7) is 2.23. The van der Waals surface area contributed by atoms with Crippen LogP contribution in [0, 0.1) is 6.92 Å². The second-order valence-electron chi connectivity index (χ2n) is 8.97. The molecule has 1 aliphatic heterocycles. The topological polar surface area (TPSA) is 109 Å². The number of nitrogens with zero attached hydrogens (tertiary/aromatic N) is 1. The molecule has 0 saturated carbocycles. The van der Waals surface area contributed by atoms with Gasteiger partial charge >= 0.3 is 12.3 Å². The minimum atomic E-state index is -4.81. The first-order valence-electron chi connectivity index (χ1n) is 12.5. The molecule has 5 rings (SSSR count). The number of benzene rings is 3. The first-order chi connectivity index (χ1) is 19.6. The zero-order valence-electron chi connectivity index (χ0n) is 21.7. The van der Waals surface area contributed by atoms with Crippen LogP contribution in [-0.2, 0) is 11.4 Å². The largest absolute Gasteiger partial charge is 0.573 e. The molecule has 1 aliphatic rings. The van der Waals surface area contributed by atoms with Crippen molar-refractivity contribution in [1.82, 2.24) is 4.98 Å². The number of carbonyl (C=O) groups is 1. The van der Waals surface area contributed by atoms with Crippen LogP contribution in [0.15, 0.2) is 65.1 Å². The highest BCUT2D eigenvalue weighted by molar-refractivity contribution is 5.78. The van der Waals surface area contributed by atoms with Crippen molar-refractivity contribution in [2.75, 3.05) is 19.8 Å². The molecular formula is C29H24F3NO8. The van der Waals surface area contributed by atoms with E-state index < -0.39 is 18.9 Å². The number of hydrogen-bond donors (Lipinski definition) is 1. The molecule has 12 heteroatoms. The normalized spacial score (nSPS) is 12.9. The van der Waals surface area contributed by atoms with Crippen LogP contribution < -0.4 is 23.7 Å². The van der Waals surface area contributed by atoms with E-state index in [2.05, 4.69) is 9.72 Å². The Morgan fingerprint density at radius 1 is 0.927 bits per heavy atom. The van der Waals surface area contributed by atoms with Gasteiger partial charge in [-0.2, -0.15) is 0 Å². The number of rotatable bonds is 9. The molecule has 1 N–H and O–H groups in total. The molecule has 41 heavy (non-hydrogen) atoms. The van der Waals surface area contributed by atoms with Crippen LogP contribution in [0.4, 0.5) is 13.2 Å². The molecule has 0 saturated heterocycles. The lowest BCUT2D eigenvalue weighted by Gasteiger charge is -2.10. The molecule has 0 atom stereocenters. The Hall–Kier alpha value is -4.87. The van der Waals surface area contributed by atoms with Crippen LogP contribution in [0.1, 0.15) is 17.9 Å². The number of fused-ring (bicyclic) bond motifs is 1. The van der Waals surface area contributed by atoms with Gasteiger partial charge in [0.2, 0.25) is 5.89 Å². The zero-order valence-corrected chi connectivity index (χ0v) is 21.7. The van der Waals surface area contributed by atoms with Crippen molar-refractivity contribution in [3.63, 3.8) is 0 Å². The molecule has 3 aromatic carbocycles. The van der Waals surface area contributed by atoms with Crippen LogP contribution in [0.5, 0.6) is 28.7 Å². The standard InChI is InChI=1S/C29H24F3NO8/c1-17-13-21(8-10-22(17)39-16-26(34)35)38-15-25-33-27(19-5-9-23-24(14-19)37-12-2-11-36-23)28(40-25)18-3-6-20(7-4-18)41-29(30,31)32/h3-10,13-14H,2,11-12,15-16H2,1H3,(H,34,35). The van der Waals surface area contributed by atoms with Crippen LogP contribution >= 0.6 is 0 Å². The van der Waals surface area contributed by atoms with E-state index in [9.17, 15) is 18.0 Å². The van der Waals surface area contributed by atoms with E-state index in [1.807, 2.05) is 0 Å². The fourth-order valence-corrected chi connectivity index (χ4v) is 4.09. The maximum Gasteiger partial charge on any atom is 0.573 e. The first kappa shape index (κ1) is 27.7. The summed E-state index contributed by atoms with van der Waals surface area (Å²) >= 11 is 0. The first-order valence-corrected chi connectivity index (χ1v) is 12.5. The molecule has 9 nitrogen and oxygen atoms in total. The van der Waals surface area contributed by atoms with Gasteiger partial charge < -0.3 is 33.2 Å². The molecule has 0 fully saturated rings. The molecular weight excluding hydrogens is 547 g/mol. The molecule has 0 amide bonds. The fraction of sp³-hybridized carbons (Fsp3) is 0.241. The summed E-state index contributed by atoms with van der Waals surface area (Å²) in [5.74, 6) is 1.08. The van der Waals surface area contributed by atoms with Crippen molar-refractivity contribution in [3.05, 3.63) is 72.1 Å². The van der Waals surface area contributed by atoms with Gasteiger partial charge in [-0.05, 0) is 73.2 Å². The molecule has 0 aliphatic carbocycles. The summed E-state index contributed by atoms with van der Waals surface area (Å²) in [6.07, 6.45) is -4.08. The molecule has 0 unspecified atom stereocenters. The Kier molecular flexibility index (Phi) is 7.90. The Labute approximate surface area is 232 Å². The van der Waals surface area contributed by atoms with Gasteiger partial charge in [0.15, 0.2) is 30.5 Å². The van der Waals surface area contributed by atoms with Crippen LogP contribution in [0.2, 0.25) is 0 Å². The monoisotopic (exact) mass is 571 g/mol. The number of aromatic nitrogens is 1. The summed E-state index contributed by atoms with van der Waals surface area (Å²) in [5, 5.41) is 8.82. The van der Waals surface area contributed by atoms with Gasteiger partial charge in [-0.3, -0.25) is 0 Å². The highest BCUT2D eigenvalue weighted by atomic mass is 19.4. The van der Waals surface area contributed by atoms with Gasteiger partial charge in [0.1, 0.15) is 22.9 Å². The minimum absolute atomic E-state index is 0.0679. The van der Waals surface area contributed by atoms with Crippen LogP contribution in [0.3, 0.4) is 0 Å². The maximum atomic E-state index is 12.6. The number of hydrogen-bond acceptors (Lipinski definition) is 8. The Morgan fingerprint density at radius 3 is 2.34 bits per heavy atom. The summed E-state index contributed by atoms with van der Waals surface area (Å²) in [5.41, 5.74) is 2.21. The van der Waals surface area contributed by atoms with Crippen molar-refractivity contribution < 1.29 is 51.2 Å². The number of aryl methyl sites for hydroxylation is 1. The summed E-state index contributed by atoms with van der Waals surface area (Å²) < 4.78 is 70.6. The number of carboxylic acid groups (broad SMARTS) is 1. The number of aliphatic carboxylic acids is 1. The van der Waals surface area contributed by atoms with Crippen LogP contribution in [-0.4, -0.2) is 42.2 Å². The predicted molar refractivity (Wildman–Crippen MR) is 138 cm³/mol. The lowest BCUT2D eigenvalue weighted by atomic mass is 10.1. The predicted octanol–water partition coefficient (Wildman–Crippen LogP) is 6.42. The molecule has 2 heterocycles. The third-order valence-corrected chi connectivity index (χ3v) is 5.90. The molecule has 4 aromatic rings. The van der Waals surface area contributed by atoms with E-state index in [1.54, 1.807) is 43.3 Å². The molecule has 0 bridgehead atoms. The van der Waals surface area contributed by atoms with Crippen molar-refractivity contribution >= 4 is 5.97 Å². The number of alkyl halides is 3. The number of ether oxygens (including phenoxy) is 5. The van der Waals surface area contributed by atoms with Crippen molar-refractivity contribution in [3.8, 4) is 51.3 Å². The second kappa shape index (κ2) is 11.7. The van der Waals surface area contributed by atoms with E-state index in [4.69, 9.17) is 28.5 Å². The molecule has 0 spiro atoms. The highest BCUT2D eigenvalue weighted by Crippen LogP contribution is 2.39. The van der Waals surface area contributed by atoms with E-state index in [-0.39, 0.29) is 18.2 Å².